The number of carbonyl (C=O) groups is 3. The summed E-state index contributed by atoms with van der Waals surface area (Å²) in [5.74, 6) is -0.784. The van der Waals surface area contributed by atoms with E-state index in [1.54, 1.807) is 7.05 Å². The minimum absolute atomic E-state index is 0.0141. The lowest BCUT2D eigenvalue weighted by atomic mass is 10.1. The highest BCUT2D eigenvalue weighted by molar-refractivity contribution is 5.95. The number of carbonyl (C=O) groups excluding carboxylic acids is 3. The molecule has 140 valence electrons. The SMILES string of the molecule is CN1CC(=O)N2C[C@H](NC(=O)Cc3cccc(C(F)(F)F)c3)C[C@H]2C1=O. The molecule has 2 aliphatic heterocycles. The van der Waals surface area contributed by atoms with Gasteiger partial charge in [0.25, 0.3) is 0 Å². The Morgan fingerprint density at radius 2 is 2.04 bits per heavy atom. The van der Waals surface area contributed by atoms with Crippen LogP contribution in [0.15, 0.2) is 24.3 Å². The molecule has 0 unspecified atom stereocenters. The van der Waals surface area contributed by atoms with E-state index in [2.05, 4.69) is 5.32 Å². The van der Waals surface area contributed by atoms with Crippen molar-refractivity contribution in [2.75, 3.05) is 20.1 Å². The predicted octanol–water partition coefficient (Wildman–Crippen LogP) is 0.806. The first-order valence-corrected chi connectivity index (χ1v) is 8.15. The average molecular weight is 369 g/mol. The smallest absolute Gasteiger partial charge is 0.351 e. The first-order chi connectivity index (χ1) is 12.1. The summed E-state index contributed by atoms with van der Waals surface area (Å²) in [6.07, 6.45) is -4.36. The van der Waals surface area contributed by atoms with Crippen LogP contribution < -0.4 is 5.32 Å². The van der Waals surface area contributed by atoms with Gasteiger partial charge in [0.05, 0.1) is 18.5 Å². The average Bonchev–Trinajstić information content (AvgIpc) is 2.96. The highest BCUT2D eigenvalue weighted by Gasteiger charge is 2.44. The van der Waals surface area contributed by atoms with Gasteiger partial charge in [0, 0.05) is 19.6 Å². The Bertz CT molecular complexity index is 750. The molecule has 6 nitrogen and oxygen atoms in total. The fraction of sp³-hybridized carbons (Fsp3) is 0.471. The monoisotopic (exact) mass is 369 g/mol. The van der Waals surface area contributed by atoms with Gasteiger partial charge in [-0.3, -0.25) is 14.4 Å². The molecule has 26 heavy (non-hydrogen) atoms. The summed E-state index contributed by atoms with van der Waals surface area (Å²) in [5, 5.41) is 2.71. The number of fused-ring (bicyclic) bond motifs is 1. The molecule has 0 saturated carbocycles. The third-order valence-electron chi connectivity index (χ3n) is 4.64. The summed E-state index contributed by atoms with van der Waals surface area (Å²) in [5.41, 5.74) is -0.556. The Morgan fingerprint density at radius 1 is 1.31 bits per heavy atom. The highest BCUT2D eigenvalue weighted by atomic mass is 19.4. The topological polar surface area (TPSA) is 69.7 Å². The second-order valence-corrected chi connectivity index (χ2v) is 6.63. The lowest BCUT2D eigenvalue weighted by molar-refractivity contribution is -0.152. The summed E-state index contributed by atoms with van der Waals surface area (Å²) < 4.78 is 38.2. The molecular formula is C17H18F3N3O3. The number of amides is 3. The summed E-state index contributed by atoms with van der Waals surface area (Å²) in [7, 11) is 1.55. The number of likely N-dealkylation sites (N-methyl/N-ethyl adjacent to an activating group) is 1. The molecule has 1 N–H and O–H groups in total. The van der Waals surface area contributed by atoms with Crippen LogP contribution in [0.2, 0.25) is 0 Å². The van der Waals surface area contributed by atoms with Crippen molar-refractivity contribution in [3.05, 3.63) is 35.4 Å². The number of rotatable bonds is 3. The Hall–Kier alpha value is -2.58. The third kappa shape index (κ3) is 3.66. The number of benzene rings is 1. The molecule has 9 heteroatoms. The zero-order valence-electron chi connectivity index (χ0n) is 14.0. The number of halogens is 3. The first-order valence-electron chi connectivity index (χ1n) is 8.15. The van der Waals surface area contributed by atoms with Crippen LogP contribution >= 0.6 is 0 Å². The molecule has 2 atom stereocenters. The largest absolute Gasteiger partial charge is 0.416 e. The van der Waals surface area contributed by atoms with Crippen molar-refractivity contribution < 1.29 is 27.6 Å². The standard InChI is InChI=1S/C17H18F3N3O3/c1-22-9-15(25)23-8-12(7-13(23)16(22)26)21-14(24)6-10-3-2-4-11(5-10)17(18,19)20/h2-5,12-13H,6-9H2,1H3,(H,21,24)/t12-,13+/m1/s1. The van der Waals surface area contributed by atoms with Crippen molar-refractivity contribution in [3.8, 4) is 0 Å². The molecular weight excluding hydrogens is 351 g/mol. The van der Waals surface area contributed by atoms with Gasteiger partial charge in [0.1, 0.15) is 6.04 Å². The number of nitrogens with one attached hydrogen (secondary N) is 1. The van der Waals surface area contributed by atoms with Crippen LogP contribution in [0.25, 0.3) is 0 Å². The molecule has 3 rings (SSSR count). The van der Waals surface area contributed by atoms with E-state index in [1.165, 1.54) is 21.9 Å². The molecule has 0 radical (unpaired) electrons. The number of alkyl halides is 3. The maximum absolute atomic E-state index is 12.7. The normalized spacial score (nSPS) is 23.2. The Balaban J connectivity index is 1.61. The van der Waals surface area contributed by atoms with Crippen molar-refractivity contribution in [2.24, 2.45) is 0 Å². The van der Waals surface area contributed by atoms with Crippen molar-refractivity contribution in [1.29, 1.82) is 0 Å². The maximum atomic E-state index is 12.7. The molecule has 1 aromatic carbocycles. The van der Waals surface area contributed by atoms with E-state index in [1.807, 2.05) is 0 Å². The van der Waals surface area contributed by atoms with Crippen LogP contribution in [0, 0.1) is 0 Å². The van der Waals surface area contributed by atoms with Gasteiger partial charge in [-0.15, -0.1) is 0 Å². The molecule has 2 aliphatic rings. The maximum Gasteiger partial charge on any atom is 0.416 e. The molecule has 2 saturated heterocycles. The van der Waals surface area contributed by atoms with E-state index in [-0.39, 0.29) is 36.9 Å². The first kappa shape index (κ1) is 18.2. The molecule has 0 bridgehead atoms. The van der Waals surface area contributed by atoms with Gasteiger partial charge in [0.15, 0.2) is 0 Å². The number of hydrogen-bond acceptors (Lipinski definition) is 3. The fourth-order valence-corrected chi connectivity index (χ4v) is 3.40. The van der Waals surface area contributed by atoms with Crippen LogP contribution in [-0.2, 0) is 27.0 Å². The van der Waals surface area contributed by atoms with Crippen molar-refractivity contribution in [1.82, 2.24) is 15.1 Å². The van der Waals surface area contributed by atoms with Gasteiger partial charge in [-0.25, -0.2) is 0 Å². The van der Waals surface area contributed by atoms with Crippen molar-refractivity contribution in [2.45, 2.75) is 31.1 Å². The highest BCUT2D eigenvalue weighted by Crippen LogP contribution is 2.29. The van der Waals surface area contributed by atoms with Gasteiger partial charge < -0.3 is 15.1 Å². The van der Waals surface area contributed by atoms with Gasteiger partial charge >= 0.3 is 6.18 Å². The lowest BCUT2D eigenvalue weighted by Crippen LogP contribution is -2.55. The third-order valence-corrected chi connectivity index (χ3v) is 4.64. The lowest BCUT2D eigenvalue weighted by Gasteiger charge is -2.33. The van der Waals surface area contributed by atoms with Crippen LogP contribution in [0.5, 0.6) is 0 Å². The van der Waals surface area contributed by atoms with E-state index < -0.39 is 29.7 Å². The Labute approximate surface area is 147 Å². The Kier molecular flexibility index (Phi) is 4.64. The van der Waals surface area contributed by atoms with Crippen LogP contribution in [0.4, 0.5) is 13.2 Å². The summed E-state index contributed by atoms with van der Waals surface area (Å²) in [6, 6.07) is 3.63. The molecule has 0 spiro atoms. The summed E-state index contributed by atoms with van der Waals surface area (Å²) in [6.45, 7) is 0.248. The quantitative estimate of drug-likeness (QED) is 0.857. The molecule has 2 fully saturated rings. The minimum Gasteiger partial charge on any atom is -0.351 e. The molecule has 3 amide bonds. The van der Waals surface area contributed by atoms with Crippen LogP contribution in [0.1, 0.15) is 17.5 Å². The number of nitrogens with zero attached hydrogens (tertiary/aromatic N) is 2. The van der Waals surface area contributed by atoms with Gasteiger partial charge in [0.2, 0.25) is 17.7 Å². The molecule has 0 aliphatic carbocycles. The van der Waals surface area contributed by atoms with E-state index in [0.717, 1.165) is 12.1 Å². The van der Waals surface area contributed by atoms with E-state index in [9.17, 15) is 27.6 Å². The van der Waals surface area contributed by atoms with Crippen LogP contribution in [-0.4, -0.2) is 59.7 Å². The number of piperazine rings is 1. The fourth-order valence-electron chi connectivity index (χ4n) is 3.40. The van der Waals surface area contributed by atoms with Crippen molar-refractivity contribution >= 4 is 17.7 Å². The second kappa shape index (κ2) is 6.62. The van der Waals surface area contributed by atoms with E-state index >= 15 is 0 Å². The van der Waals surface area contributed by atoms with E-state index in [0.29, 0.717) is 6.42 Å². The molecule has 2 heterocycles. The summed E-state index contributed by atoms with van der Waals surface area (Å²) in [4.78, 5) is 39.1. The Morgan fingerprint density at radius 3 is 2.73 bits per heavy atom. The zero-order valence-corrected chi connectivity index (χ0v) is 14.0. The molecule has 0 aromatic heterocycles. The van der Waals surface area contributed by atoms with Gasteiger partial charge in [-0.2, -0.15) is 13.2 Å². The van der Waals surface area contributed by atoms with Crippen molar-refractivity contribution in [3.63, 3.8) is 0 Å². The minimum atomic E-state index is -4.46. The summed E-state index contributed by atoms with van der Waals surface area (Å²) >= 11 is 0. The molecule has 1 aromatic rings. The second-order valence-electron chi connectivity index (χ2n) is 6.63. The zero-order chi connectivity index (χ0) is 19.1. The van der Waals surface area contributed by atoms with Gasteiger partial charge in [-0.1, -0.05) is 18.2 Å². The van der Waals surface area contributed by atoms with Crippen LogP contribution in [0.3, 0.4) is 0 Å². The van der Waals surface area contributed by atoms with Gasteiger partial charge in [-0.05, 0) is 18.1 Å². The predicted molar refractivity (Wildman–Crippen MR) is 84.8 cm³/mol. The number of hydrogen-bond donors (Lipinski definition) is 1. The van der Waals surface area contributed by atoms with E-state index in [4.69, 9.17) is 0 Å².